The molecule has 0 aromatic carbocycles. The number of ether oxygens (including phenoxy) is 1. The van der Waals surface area contributed by atoms with Gasteiger partial charge >= 0.3 is 6.03 Å². The van der Waals surface area contributed by atoms with Gasteiger partial charge in [-0.25, -0.2) is 9.78 Å². The van der Waals surface area contributed by atoms with Gasteiger partial charge in [0.05, 0.1) is 24.5 Å². The summed E-state index contributed by atoms with van der Waals surface area (Å²) in [5, 5.41) is 5.82. The number of fused-ring (bicyclic) bond motifs is 1. The van der Waals surface area contributed by atoms with E-state index in [0.29, 0.717) is 35.9 Å². The lowest BCUT2D eigenvalue weighted by Crippen LogP contribution is -2.22. The maximum absolute atomic E-state index is 12.1. The van der Waals surface area contributed by atoms with Gasteiger partial charge in [0.2, 0.25) is 0 Å². The number of thiophene rings is 1. The molecule has 0 unspecified atom stereocenters. The van der Waals surface area contributed by atoms with Crippen LogP contribution in [-0.4, -0.2) is 23.5 Å². The Balaban J connectivity index is 1.82. The van der Waals surface area contributed by atoms with Gasteiger partial charge < -0.3 is 15.8 Å². The van der Waals surface area contributed by atoms with Crippen molar-refractivity contribution in [3.05, 3.63) is 39.5 Å². The summed E-state index contributed by atoms with van der Waals surface area (Å²) in [7, 11) is 0. The highest BCUT2D eigenvalue weighted by molar-refractivity contribution is 7.17. The van der Waals surface area contributed by atoms with Crippen molar-refractivity contribution in [3.63, 3.8) is 0 Å². The van der Waals surface area contributed by atoms with E-state index in [-0.39, 0.29) is 5.15 Å². The van der Waals surface area contributed by atoms with Gasteiger partial charge in [0.15, 0.2) is 5.15 Å². The summed E-state index contributed by atoms with van der Waals surface area (Å²) >= 11 is 7.18. The highest BCUT2D eigenvalue weighted by Gasteiger charge is 2.25. The minimum atomic E-state index is -0.570. The van der Waals surface area contributed by atoms with E-state index in [1.165, 1.54) is 17.5 Å². The van der Waals surface area contributed by atoms with Crippen molar-refractivity contribution in [2.24, 2.45) is 5.73 Å². The number of anilines is 2. The van der Waals surface area contributed by atoms with Gasteiger partial charge in [0.1, 0.15) is 5.00 Å². The van der Waals surface area contributed by atoms with Crippen LogP contribution in [0.25, 0.3) is 0 Å². The third kappa shape index (κ3) is 3.29. The minimum Gasteiger partial charge on any atom is -0.376 e. The molecule has 120 valence electrons. The molecule has 0 atom stereocenters. The number of halogens is 1. The fourth-order valence-electron chi connectivity index (χ4n) is 2.32. The monoisotopic (exact) mass is 352 g/mol. The van der Waals surface area contributed by atoms with Crippen LogP contribution in [0.1, 0.15) is 20.8 Å². The van der Waals surface area contributed by atoms with Crippen LogP contribution in [0.5, 0.6) is 0 Å². The number of primary amides is 1. The number of urea groups is 1. The second-order valence-electron chi connectivity index (χ2n) is 4.80. The Hall–Kier alpha value is -2.16. The van der Waals surface area contributed by atoms with Crippen LogP contribution in [0.3, 0.4) is 0 Å². The van der Waals surface area contributed by atoms with Gasteiger partial charge in [-0.1, -0.05) is 11.6 Å². The molecule has 0 aliphatic carbocycles. The van der Waals surface area contributed by atoms with Crippen molar-refractivity contribution >= 4 is 45.6 Å². The molecule has 0 spiro atoms. The molecule has 0 fully saturated rings. The number of nitrogens with zero attached hydrogens (tertiary/aromatic N) is 1. The first-order chi connectivity index (χ1) is 11.1. The molecule has 0 bridgehead atoms. The SMILES string of the molecule is NC(=O)c1c(NC(=O)Nc2cccnc2Cl)sc2c1CCOC2. The number of hydrogen-bond acceptors (Lipinski definition) is 5. The zero-order chi connectivity index (χ0) is 16.4. The molecule has 4 N–H and O–H groups in total. The van der Waals surface area contributed by atoms with Crippen LogP contribution in [0.2, 0.25) is 5.15 Å². The number of amides is 3. The van der Waals surface area contributed by atoms with Crippen molar-refractivity contribution in [2.45, 2.75) is 13.0 Å². The van der Waals surface area contributed by atoms with E-state index < -0.39 is 11.9 Å². The molecule has 0 radical (unpaired) electrons. The summed E-state index contributed by atoms with van der Waals surface area (Å²) in [4.78, 5) is 28.6. The molecule has 3 rings (SSSR count). The van der Waals surface area contributed by atoms with Crippen LogP contribution in [-0.2, 0) is 17.8 Å². The molecule has 7 nitrogen and oxygen atoms in total. The Morgan fingerprint density at radius 3 is 2.96 bits per heavy atom. The van der Waals surface area contributed by atoms with Gasteiger partial charge in [0, 0.05) is 11.1 Å². The first-order valence-corrected chi connectivity index (χ1v) is 7.96. The van der Waals surface area contributed by atoms with Gasteiger partial charge in [-0.2, -0.15) is 0 Å². The first-order valence-electron chi connectivity index (χ1n) is 6.77. The highest BCUT2D eigenvalue weighted by Crippen LogP contribution is 2.36. The molecular formula is C14H13ClN4O3S. The average molecular weight is 353 g/mol. The van der Waals surface area contributed by atoms with Crippen LogP contribution < -0.4 is 16.4 Å². The molecule has 23 heavy (non-hydrogen) atoms. The van der Waals surface area contributed by atoms with Crippen LogP contribution >= 0.6 is 22.9 Å². The molecule has 3 amide bonds. The number of rotatable bonds is 3. The predicted octanol–water partition coefficient (Wildman–Crippen LogP) is 2.61. The maximum Gasteiger partial charge on any atom is 0.324 e. The van der Waals surface area contributed by atoms with Gasteiger partial charge in [-0.05, 0) is 24.1 Å². The highest BCUT2D eigenvalue weighted by atomic mass is 35.5. The second kappa shape index (κ2) is 6.53. The Morgan fingerprint density at radius 1 is 1.39 bits per heavy atom. The summed E-state index contributed by atoms with van der Waals surface area (Å²) in [6.45, 7) is 0.943. The molecule has 0 saturated heterocycles. The van der Waals surface area contributed by atoms with Crippen LogP contribution in [0.15, 0.2) is 18.3 Å². The van der Waals surface area contributed by atoms with Crippen molar-refractivity contribution in [2.75, 3.05) is 17.2 Å². The van der Waals surface area contributed by atoms with Crippen molar-refractivity contribution in [1.29, 1.82) is 0 Å². The molecule has 2 aromatic rings. The van der Waals surface area contributed by atoms with Crippen molar-refractivity contribution in [3.8, 4) is 0 Å². The van der Waals surface area contributed by atoms with E-state index in [4.69, 9.17) is 22.1 Å². The molecule has 0 saturated carbocycles. The van der Waals surface area contributed by atoms with E-state index in [9.17, 15) is 9.59 Å². The lowest BCUT2D eigenvalue weighted by molar-refractivity contribution is 0.0991. The molecule has 2 aromatic heterocycles. The summed E-state index contributed by atoms with van der Waals surface area (Å²) in [6.07, 6.45) is 2.12. The van der Waals surface area contributed by atoms with E-state index in [2.05, 4.69) is 15.6 Å². The quantitative estimate of drug-likeness (QED) is 0.738. The molecule has 1 aliphatic heterocycles. The largest absolute Gasteiger partial charge is 0.376 e. The standard InChI is InChI=1S/C14H13ClN4O3S/c15-11-8(2-1-4-17-11)18-14(21)19-13-10(12(16)20)7-3-5-22-6-9(7)23-13/h1-2,4H,3,5-6H2,(H2,16,20)(H2,18,19,21). The summed E-state index contributed by atoms with van der Waals surface area (Å²) in [5.41, 5.74) is 7.03. The number of carbonyl (C=O) groups is 2. The zero-order valence-corrected chi connectivity index (χ0v) is 13.5. The molecule has 3 heterocycles. The maximum atomic E-state index is 12.1. The van der Waals surface area contributed by atoms with E-state index >= 15 is 0 Å². The number of carbonyl (C=O) groups excluding carboxylic acids is 2. The normalized spacial score (nSPS) is 13.3. The van der Waals surface area contributed by atoms with Gasteiger partial charge in [0.25, 0.3) is 5.91 Å². The fourth-order valence-corrected chi connectivity index (χ4v) is 3.67. The Labute approximate surface area is 140 Å². The smallest absolute Gasteiger partial charge is 0.324 e. The topological polar surface area (TPSA) is 106 Å². The Bertz CT molecular complexity index is 777. The van der Waals surface area contributed by atoms with Crippen LogP contribution in [0, 0.1) is 0 Å². The first kappa shape index (κ1) is 15.7. The minimum absolute atomic E-state index is 0.177. The molecule has 9 heteroatoms. The lowest BCUT2D eigenvalue weighted by Gasteiger charge is -2.12. The summed E-state index contributed by atoms with van der Waals surface area (Å²) in [6, 6.07) is 2.75. The van der Waals surface area contributed by atoms with Crippen molar-refractivity contribution in [1.82, 2.24) is 4.98 Å². The average Bonchev–Trinajstić information content (AvgIpc) is 2.87. The second-order valence-corrected chi connectivity index (χ2v) is 6.26. The Morgan fingerprint density at radius 2 is 2.22 bits per heavy atom. The number of pyridine rings is 1. The third-order valence-electron chi connectivity index (χ3n) is 3.30. The molecular weight excluding hydrogens is 340 g/mol. The van der Waals surface area contributed by atoms with E-state index in [1.807, 2.05) is 0 Å². The summed E-state index contributed by atoms with van der Waals surface area (Å²) < 4.78 is 5.36. The number of nitrogens with one attached hydrogen (secondary N) is 2. The van der Waals surface area contributed by atoms with Gasteiger partial charge in [-0.15, -0.1) is 11.3 Å². The zero-order valence-electron chi connectivity index (χ0n) is 11.9. The van der Waals surface area contributed by atoms with Gasteiger partial charge in [-0.3, -0.25) is 10.1 Å². The number of aromatic nitrogens is 1. The van der Waals surface area contributed by atoms with Crippen LogP contribution in [0.4, 0.5) is 15.5 Å². The van der Waals surface area contributed by atoms with E-state index in [0.717, 1.165) is 10.4 Å². The Kier molecular flexibility index (Phi) is 4.46. The summed E-state index contributed by atoms with van der Waals surface area (Å²) in [5.74, 6) is -0.570. The van der Waals surface area contributed by atoms with E-state index in [1.54, 1.807) is 12.1 Å². The fraction of sp³-hybridized carbons (Fsp3) is 0.214. The van der Waals surface area contributed by atoms with Crippen molar-refractivity contribution < 1.29 is 14.3 Å². The number of hydrogen-bond donors (Lipinski definition) is 3. The third-order valence-corrected chi connectivity index (χ3v) is 4.72. The molecule has 1 aliphatic rings. The lowest BCUT2D eigenvalue weighted by atomic mass is 10.1. The predicted molar refractivity (Wildman–Crippen MR) is 88.1 cm³/mol. The number of nitrogens with two attached hydrogens (primary N) is 1.